The van der Waals surface area contributed by atoms with Crippen molar-refractivity contribution >= 4 is 39.0 Å². The number of halogens is 5. The molecule has 1 aliphatic rings. The van der Waals surface area contributed by atoms with Gasteiger partial charge in [-0.15, -0.1) is 0 Å². The van der Waals surface area contributed by atoms with Crippen LogP contribution in [0.15, 0.2) is 36.4 Å². The zero-order chi connectivity index (χ0) is 23.7. The molecule has 32 heavy (non-hydrogen) atoms. The molecule has 0 radical (unpaired) electrons. The lowest BCUT2D eigenvalue weighted by atomic mass is 10.1. The second-order valence-corrected chi connectivity index (χ2v) is 8.70. The summed E-state index contributed by atoms with van der Waals surface area (Å²) < 4.78 is 86.5. The van der Waals surface area contributed by atoms with E-state index in [4.69, 9.17) is 16.3 Å². The van der Waals surface area contributed by atoms with Crippen molar-refractivity contribution < 1.29 is 39.7 Å². The molecule has 0 atom stereocenters. The monoisotopic (exact) mass is 496 g/mol. The Morgan fingerprint density at radius 1 is 1.16 bits per heavy atom. The molecule has 174 valence electrons. The average molecular weight is 497 g/mol. The maximum atomic E-state index is 15.0. The highest BCUT2D eigenvalue weighted by Gasteiger charge is 2.49. The lowest BCUT2D eigenvalue weighted by Crippen LogP contribution is -2.36. The predicted molar refractivity (Wildman–Crippen MR) is 109 cm³/mol. The molecule has 0 aliphatic carbocycles. The minimum absolute atomic E-state index is 0.0453. The normalized spacial score (nSPS) is 14.9. The predicted octanol–water partition coefficient (Wildman–Crippen LogP) is 3.82. The molecule has 2 aromatic rings. The molecule has 0 saturated carbocycles. The molecule has 1 heterocycles. The first-order valence-corrected chi connectivity index (χ1v) is 10.9. The number of nitrogens with zero attached hydrogens (tertiary/aromatic N) is 2. The number of carbonyl (C=O) groups excluding carboxylic acids is 1. The van der Waals surface area contributed by atoms with Gasteiger partial charge >= 0.3 is 15.6 Å². The van der Waals surface area contributed by atoms with Crippen LogP contribution in [0.2, 0.25) is 5.02 Å². The quantitative estimate of drug-likeness (QED) is 0.356. The van der Waals surface area contributed by atoms with E-state index in [2.05, 4.69) is 4.18 Å². The number of carbonyl (C=O) groups is 1. The van der Waals surface area contributed by atoms with Gasteiger partial charge in [0, 0.05) is 42.6 Å². The van der Waals surface area contributed by atoms with Crippen molar-refractivity contribution in [3.63, 3.8) is 0 Å². The van der Waals surface area contributed by atoms with Crippen LogP contribution < -0.4 is 14.0 Å². The van der Waals surface area contributed by atoms with Gasteiger partial charge in [-0.1, -0.05) is 11.6 Å². The number of benzene rings is 2. The topological polar surface area (TPSA) is 76.2 Å². The number of alkyl halides is 3. The highest BCUT2D eigenvalue weighted by atomic mass is 35.5. The fourth-order valence-corrected chi connectivity index (χ4v) is 3.55. The number of amides is 1. The molecule has 0 spiro atoms. The Kier molecular flexibility index (Phi) is 6.86. The number of anilines is 2. The highest BCUT2D eigenvalue weighted by Crippen LogP contribution is 2.35. The van der Waals surface area contributed by atoms with Gasteiger partial charge in [0.25, 0.3) is 5.91 Å². The van der Waals surface area contributed by atoms with Crippen LogP contribution in [0.25, 0.3) is 0 Å². The van der Waals surface area contributed by atoms with E-state index in [0.717, 1.165) is 17.0 Å². The minimum atomic E-state index is -6.17. The minimum Gasteiger partial charge on any atom is -0.378 e. The fourth-order valence-electron chi connectivity index (χ4n) is 2.96. The summed E-state index contributed by atoms with van der Waals surface area (Å²) in [6.45, 7) is 1.11. The van der Waals surface area contributed by atoms with Gasteiger partial charge in [-0.05, 0) is 30.3 Å². The molecule has 3 rings (SSSR count). The van der Waals surface area contributed by atoms with Crippen molar-refractivity contribution in [1.82, 2.24) is 0 Å². The van der Waals surface area contributed by atoms with Crippen molar-refractivity contribution in [2.24, 2.45) is 0 Å². The van der Waals surface area contributed by atoms with Crippen LogP contribution in [0.3, 0.4) is 0 Å². The van der Waals surface area contributed by atoms with Gasteiger partial charge < -0.3 is 18.7 Å². The van der Waals surface area contributed by atoms with Crippen molar-refractivity contribution in [3.05, 3.63) is 52.8 Å². The van der Waals surface area contributed by atoms with E-state index in [1.165, 1.54) is 31.3 Å². The summed E-state index contributed by atoms with van der Waals surface area (Å²) in [5.74, 6) is -3.44. The molecular weight excluding hydrogens is 480 g/mol. The molecule has 1 fully saturated rings. The number of hydrogen-bond donors (Lipinski definition) is 0. The standard InChI is InChI=1S/C19H17ClF4N2O5S/c1-25(13-4-2-12(20)3-5-13)18(27)17-15(21)10-14(26-6-8-30-9-7-26)11-16(17)31-32(28,29)19(22,23)24/h2-5,10-11H,6-9H2,1H3. The molecule has 1 amide bonds. The van der Waals surface area contributed by atoms with Crippen molar-refractivity contribution in [1.29, 1.82) is 0 Å². The van der Waals surface area contributed by atoms with Crippen LogP contribution in [-0.2, 0) is 14.9 Å². The van der Waals surface area contributed by atoms with Gasteiger partial charge in [0.1, 0.15) is 11.4 Å². The Morgan fingerprint density at radius 2 is 1.75 bits per heavy atom. The van der Waals surface area contributed by atoms with Crippen LogP contribution in [0.4, 0.5) is 28.9 Å². The second-order valence-electron chi connectivity index (χ2n) is 6.72. The first kappa shape index (κ1) is 24.1. The lowest BCUT2D eigenvalue weighted by molar-refractivity contribution is -0.0500. The van der Waals surface area contributed by atoms with E-state index in [1.807, 2.05) is 0 Å². The van der Waals surface area contributed by atoms with Gasteiger partial charge in [0.2, 0.25) is 0 Å². The van der Waals surface area contributed by atoms with Crippen molar-refractivity contribution in [2.75, 3.05) is 43.2 Å². The Labute approximate surface area is 186 Å². The third kappa shape index (κ3) is 5.08. The lowest BCUT2D eigenvalue weighted by Gasteiger charge is -2.29. The smallest absolute Gasteiger partial charge is 0.378 e. The summed E-state index contributed by atoms with van der Waals surface area (Å²) in [4.78, 5) is 15.5. The van der Waals surface area contributed by atoms with Crippen LogP contribution in [-0.4, -0.2) is 53.2 Å². The summed E-state index contributed by atoms with van der Waals surface area (Å²) in [6.07, 6.45) is 0. The zero-order valence-electron chi connectivity index (χ0n) is 16.5. The van der Waals surface area contributed by atoms with E-state index in [-0.39, 0.29) is 37.7 Å². The molecule has 0 aromatic heterocycles. The first-order valence-electron chi connectivity index (χ1n) is 9.11. The molecule has 7 nitrogen and oxygen atoms in total. The fraction of sp³-hybridized carbons (Fsp3) is 0.316. The molecule has 1 aliphatic heterocycles. The zero-order valence-corrected chi connectivity index (χ0v) is 18.1. The van der Waals surface area contributed by atoms with Gasteiger partial charge in [0.05, 0.1) is 13.2 Å². The molecule has 2 aromatic carbocycles. The maximum Gasteiger partial charge on any atom is 0.534 e. The van der Waals surface area contributed by atoms with Crippen LogP contribution in [0, 0.1) is 5.82 Å². The Bertz CT molecular complexity index is 1100. The molecular formula is C19H17ClF4N2O5S. The average Bonchev–Trinajstić information content (AvgIpc) is 2.72. The van der Waals surface area contributed by atoms with E-state index in [9.17, 15) is 26.4 Å². The first-order chi connectivity index (χ1) is 14.9. The molecule has 0 bridgehead atoms. The Morgan fingerprint density at radius 3 is 2.31 bits per heavy atom. The molecule has 1 saturated heterocycles. The SMILES string of the molecule is CN(C(=O)c1c(F)cc(N2CCOCC2)cc1OS(=O)(=O)C(F)(F)F)c1ccc(Cl)cc1. The molecule has 0 N–H and O–H groups in total. The maximum absolute atomic E-state index is 15.0. The van der Waals surface area contributed by atoms with Gasteiger partial charge in [0.15, 0.2) is 5.75 Å². The third-order valence-corrected chi connectivity index (χ3v) is 5.85. The van der Waals surface area contributed by atoms with Gasteiger partial charge in [-0.3, -0.25) is 4.79 Å². The van der Waals surface area contributed by atoms with E-state index in [0.29, 0.717) is 5.02 Å². The van der Waals surface area contributed by atoms with E-state index >= 15 is 4.39 Å². The highest BCUT2D eigenvalue weighted by molar-refractivity contribution is 7.88. The van der Waals surface area contributed by atoms with Crippen LogP contribution >= 0.6 is 11.6 Å². The molecule has 13 heteroatoms. The number of rotatable bonds is 5. The Balaban J connectivity index is 2.08. The summed E-state index contributed by atoms with van der Waals surface area (Å²) in [5.41, 5.74) is -6.46. The third-order valence-electron chi connectivity index (χ3n) is 4.63. The van der Waals surface area contributed by atoms with Crippen molar-refractivity contribution in [2.45, 2.75) is 5.51 Å². The van der Waals surface area contributed by atoms with E-state index in [1.54, 1.807) is 4.90 Å². The van der Waals surface area contributed by atoms with Crippen molar-refractivity contribution in [3.8, 4) is 5.75 Å². The summed E-state index contributed by atoms with van der Waals surface area (Å²) in [7, 11) is -4.93. The second kappa shape index (κ2) is 9.12. The Hall–Kier alpha value is -2.57. The number of ether oxygens (including phenoxy) is 1. The summed E-state index contributed by atoms with van der Waals surface area (Å²) in [6, 6.07) is 7.57. The molecule has 0 unspecified atom stereocenters. The van der Waals surface area contributed by atoms with E-state index < -0.39 is 38.7 Å². The number of morpholine rings is 1. The summed E-state index contributed by atoms with van der Waals surface area (Å²) >= 11 is 5.80. The van der Waals surface area contributed by atoms with Crippen LogP contribution in [0.1, 0.15) is 10.4 Å². The van der Waals surface area contributed by atoms with Gasteiger partial charge in [-0.25, -0.2) is 4.39 Å². The summed E-state index contributed by atoms with van der Waals surface area (Å²) in [5, 5.41) is 0.357. The number of hydrogen-bond acceptors (Lipinski definition) is 6. The van der Waals surface area contributed by atoms with Gasteiger partial charge in [-0.2, -0.15) is 21.6 Å². The van der Waals surface area contributed by atoms with Crippen LogP contribution in [0.5, 0.6) is 5.75 Å². The largest absolute Gasteiger partial charge is 0.534 e.